The Labute approximate surface area is 92.1 Å². The van der Waals surface area contributed by atoms with Gasteiger partial charge in [-0.1, -0.05) is 18.2 Å². The van der Waals surface area contributed by atoms with E-state index in [1.807, 2.05) is 0 Å². The van der Waals surface area contributed by atoms with Crippen molar-refractivity contribution >= 4 is 17.2 Å². The van der Waals surface area contributed by atoms with Gasteiger partial charge in [-0.25, -0.2) is 0 Å². The van der Waals surface area contributed by atoms with Crippen LogP contribution in [0, 0.1) is 10.1 Å². The third-order valence-corrected chi connectivity index (χ3v) is 2.59. The molecule has 0 saturated heterocycles. The average Bonchev–Trinajstić information content (AvgIpc) is 2.25. The highest BCUT2D eigenvalue weighted by Crippen LogP contribution is 2.33. The fraction of sp³-hybridized carbons (Fsp3) is 0.182. The van der Waals surface area contributed by atoms with Crippen molar-refractivity contribution in [1.29, 1.82) is 0 Å². The number of fused-ring (bicyclic) bond motifs is 1. The van der Waals surface area contributed by atoms with E-state index in [9.17, 15) is 14.9 Å². The Morgan fingerprint density at radius 3 is 2.81 bits per heavy atom. The standard InChI is InChI=1S/C11H10N2O3/c1-12-10-5-3-2-4-9(10)8(6-11(12)14)7-13(15)16/h2-5,7H,6H2,1H3. The minimum Gasteiger partial charge on any atom is -0.315 e. The number of nitro groups is 1. The lowest BCUT2D eigenvalue weighted by Crippen LogP contribution is -2.30. The van der Waals surface area contributed by atoms with E-state index in [0.717, 1.165) is 11.8 Å². The van der Waals surface area contributed by atoms with E-state index in [0.29, 0.717) is 11.3 Å². The van der Waals surface area contributed by atoms with Crippen LogP contribution in [0.1, 0.15) is 12.0 Å². The van der Waals surface area contributed by atoms with Crippen LogP contribution in [0.3, 0.4) is 0 Å². The van der Waals surface area contributed by atoms with Gasteiger partial charge in [-0.2, -0.15) is 0 Å². The molecular weight excluding hydrogens is 208 g/mol. The predicted octanol–water partition coefficient (Wildman–Crippen LogP) is 1.67. The second-order valence-electron chi connectivity index (χ2n) is 3.59. The van der Waals surface area contributed by atoms with Gasteiger partial charge in [-0.3, -0.25) is 14.9 Å². The predicted molar refractivity (Wildman–Crippen MR) is 59.4 cm³/mol. The summed E-state index contributed by atoms with van der Waals surface area (Å²) in [5, 5.41) is 10.5. The van der Waals surface area contributed by atoms with Crippen molar-refractivity contribution in [3.05, 3.63) is 46.1 Å². The summed E-state index contributed by atoms with van der Waals surface area (Å²) in [6.45, 7) is 0. The molecule has 0 bridgehead atoms. The lowest BCUT2D eigenvalue weighted by Gasteiger charge is -2.26. The molecule has 0 unspecified atom stereocenters. The molecule has 0 radical (unpaired) electrons. The maximum atomic E-state index is 11.6. The Morgan fingerprint density at radius 1 is 1.44 bits per heavy atom. The molecule has 1 aliphatic heterocycles. The Bertz CT molecular complexity index is 494. The maximum absolute atomic E-state index is 11.6. The maximum Gasteiger partial charge on any atom is 0.238 e. The molecule has 0 spiro atoms. The molecular formula is C11H10N2O3. The summed E-state index contributed by atoms with van der Waals surface area (Å²) in [4.78, 5) is 23.1. The van der Waals surface area contributed by atoms with Crippen molar-refractivity contribution in [3.8, 4) is 0 Å². The van der Waals surface area contributed by atoms with Gasteiger partial charge < -0.3 is 4.90 Å². The zero-order valence-electron chi connectivity index (χ0n) is 8.71. The number of para-hydroxylation sites is 1. The van der Waals surface area contributed by atoms with Crippen LogP contribution >= 0.6 is 0 Å². The molecule has 5 heteroatoms. The molecule has 5 nitrogen and oxygen atoms in total. The van der Waals surface area contributed by atoms with Crippen molar-refractivity contribution in [2.24, 2.45) is 0 Å². The van der Waals surface area contributed by atoms with Gasteiger partial charge in [0.2, 0.25) is 12.1 Å². The minimum absolute atomic E-state index is 0.0779. The quantitative estimate of drug-likeness (QED) is 0.532. The van der Waals surface area contributed by atoms with Crippen molar-refractivity contribution in [2.45, 2.75) is 6.42 Å². The normalized spacial score (nSPS) is 17.4. The van der Waals surface area contributed by atoms with E-state index in [-0.39, 0.29) is 12.3 Å². The SMILES string of the molecule is CN1C(=O)CC(=C[N+](=O)[O-])c2ccccc21. The number of carbonyl (C=O) groups excluding carboxylic acids is 1. The Morgan fingerprint density at radius 2 is 2.12 bits per heavy atom. The van der Waals surface area contributed by atoms with Crippen molar-refractivity contribution < 1.29 is 9.72 Å². The van der Waals surface area contributed by atoms with E-state index < -0.39 is 4.92 Å². The molecule has 0 aromatic heterocycles. The molecule has 0 saturated carbocycles. The summed E-state index contributed by atoms with van der Waals surface area (Å²) < 4.78 is 0. The van der Waals surface area contributed by atoms with Crippen LogP contribution in [0.5, 0.6) is 0 Å². The molecule has 1 amide bonds. The zero-order chi connectivity index (χ0) is 11.7. The van der Waals surface area contributed by atoms with Gasteiger partial charge in [0.1, 0.15) is 0 Å². The first-order valence-corrected chi connectivity index (χ1v) is 4.80. The first-order valence-electron chi connectivity index (χ1n) is 4.80. The number of amides is 1. The summed E-state index contributed by atoms with van der Waals surface area (Å²) in [6, 6.07) is 7.17. The Balaban J connectivity index is 2.57. The van der Waals surface area contributed by atoms with E-state index in [1.165, 1.54) is 4.90 Å². The number of anilines is 1. The Kier molecular flexibility index (Phi) is 2.44. The fourth-order valence-electron chi connectivity index (χ4n) is 1.79. The van der Waals surface area contributed by atoms with Crippen LogP contribution in [0.2, 0.25) is 0 Å². The second-order valence-corrected chi connectivity index (χ2v) is 3.59. The summed E-state index contributed by atoms with van der Waals surface area (Å²) in [6.07, 6.45) is 0.984. The number of carbonyl (C=O) groups is 1. The first-order chi connectivity index (χ1) is 7.59. The molecule has 1 aromatic rings. The molecule has 0 aliphatic carbocycles. The van der Waals surface area contributed by atoms with Gasteiger partial charge >= 0.3 is 0 Å². The highest BCUT2D eigenvalue weighted by atomic mass is 16.6. The molecule has 2 rings (SSSR count). The lowest BCUT2D eigenvalue weighted by molar-refractivity contribution is -0.401. The molecule has 16 heavy (non-hydrogen) atoms. The van der Waals surface area contributed by atoms with Crippen LogP contribution in [0.4, 0.5) is 5.69 Å². The summed E-state index contributed by atoms with van der Waals surface area (Å²) >= 11 is 0. The summed E-state index contributed by atoms with van der Waals surface area (Å²) in [7, 11) is 1.67. The van der Waals surface area contributed by atoms with Crippen LogP contribution in [0.15, 0.2) is 30.5 Å². The van der Waals surface area contributed by atoms with Crippen molar-refractivity contribution in [1.82, 2.24) is 0 Å². The molecule has 1 aliphatic rings. The van der Waals surface area contributed by atoms with E-state index >= 15 is 0 Å². The molecule has 0 atom stereocenters. The molecule has 82 valence electrons. The highest BCUT2D eigenvalue weighted by Gasteiger charge is 2.25. The number of benzene rings is 1. The van der Waals surface area contributed by atoms with Crippen molar-refractivity contribution in [3.63, 3.8) is 0 Å². The molecule has 1 heterocycles. The van der Waals surface area contributed by atoms with Gasteiger partial charge in [-0.15, -0.1) is 0 Å². The average molecular weight is 218 g/mol. The third-order valence-electron chi connectivity index (χ3n) is 2.59. The third kappa shape index (κ3) is 1.67. The van der Waals surface area contributed by atoms with Crippen LogP contribution < -0.4 is 4.90 Å². The van der Waals surface area contributed by atoms with Crippen LogP contribution in [-0.2, 0) is 4.79 Å². The highest BCUT2D eigenvalue weighted by molar-refractivity contribution is 6.06. The lowest BCUT2D eigenvalue weighted by atomic mass is 9.96. The molecule has 0 fully saturated rings. The topological polar surface area (TPSA) is 63.5 Å². The minimum atomic E-state index is -0.523. The molecule has 0 N–H and O–H groups in total. The van der Waals surface area contributed by atoms with Gasteiger partial charge in [0.05, 0.1) is 17.0 Å². The van der Waals surface area contributed by atoms with Gasteiger partial charge in [-0.05, 0) is 6.07 Å². The Hall–Kier alpha value is -2.17. The smallest absolute Gasteiger partial charge is 0.238 e. The number of hydrogen-bond acceptors (Lipinski definition) is 3. The summed E-state index contributed by atoms with van der Waals surface area (Å²) in [5.41, 5.74) is 1.93. The van der Waals surface area contributed by atoms with E-state index in [2.05, 4.69) is 0 Å². The number of rotatable bonds is 1. The first kappa shape index (κ1) is 10.4. The van der Waals surface area contributed by atoms with E-state index in [1.54, 1.807) is 31.3 Å². The zero-order valence-corrected chi connectivity index (χ0v) is 8.71. The van der Waals surface area contributed by atoms with Crippen molar-refractivity contribution in [2.75, 3.05) is 11.9 Å². The fourth-order valence-corrected chi connectivity index (χ4v) is 1.79. The van der Waals surface area contributed by atoms with Gasteiger partial charge in [0.15, 0.2) is 0 Å². The van der Waals surface area contributed by atoms with Gasteiger partial charge in [0.25, 0.3) is 0 Å². The van der Waals surface area contributed by atoms with Gasteiger partial charge in [0, 0.05) is 18.2 Å². The molecule has 1 aromatic carbocycles. The van der Waals surface area contributed by atoms with Crippen LogP contribution in [-0.4, -0.2) is 17.9 Å². The summed E-state index contributed by atoms with van der Waals surface area (Å²) in [5.74, 6) is -0.133. The number of nitrogens with zero attached hydrogens (tertiary/aromatic N) is 2. The second kappa shape index (κ2) is 3.77. The largest absolute Gasteiger partial charge is 0.315 e. The monoisotopic (exact) mass is 218 g/mol. The van der Waals surface area contributed by atoms with Crippen LogP contribution in [0.25, 0.3) is 5.57 Å². The van der Waals surface area contributed by atoms with E-state index in [4.69, 9.17) is 0 Å². The number of hydrogen-bond donors (Lipinski definition) is 0.